The third kappa shape index (κ3) is 4.36. The summed E-state index contributed by atoms with van der Waals surface area (Å²) in [5.41, 5.74) is 0. The van der Waals surface area contributed by atoms with Gasteiger partial charge in [-0.05, 0) is 12.8 Å². The minimum Gasteiger partial charge on any atom is -0.465 e. The fourth-order valence-corrected chi connectivity index (χ4v) is 0.425. The summed E-state index contributed by atoms with van der Waals surface area (Å²) in [6.07, 6.45) is 1.28. The summed E-state index contributed by atoms with van der Waals surface area (Å²) in [5.74, 6) is 0.260. The maximum Gasteiger partial charge on any atom is 0.305 e. The van der Waals surface area contributed by atoms with Crippen LogP contribution >= 0.6 is 0 Å². The second-order valence-corrected chi connectivity index (χ2v) is 2.45. The van der Waals surface area contributed by atoms with Crippen molar-refractivity contribution in [2.45, 2.75) is 26.7 Å². The van der Waals surface area contributed by atoms with Crippen LogP contribution in [0.4, 0.5) is 0 Å². The normalized spacial score (nSPS) is 12.7. The highest BCUT2D eigenvalue weighted by atomic mass is 16.5. The molecule has 0 saturated carbocycles. The van der Waals surface area contributed by atoms with Gasteiger partial charge in [0, 0.05) is 6.42 Å². The van der Waals surface area contributed by atoms with Gasteiger partial charge in [0.25, 0.3) is 0 Å². The number of esters is 1. The van der Waals surface area contributed by atoms with Crippen LogP contribution in [0, 0.1) is 12.8 Å². The monoisotopic (exact) mass is 143 g/mol. The van der Waals surface area contributed by atoms with Gasteiger partial charge in [-0.3, -0.25) is 4.79 Å². The number of carbonyl (C=O) groups is 1. The molecule has 0 aliphatic rings. The molecule has 1 unspecified atom stereocenters. The van der Waals surface area contributed by atoms with Crippen LogP contribution in [0.15, 0.2) is 0 Å². The summed E-state index contributed by atoms with van der Waals surface area (Å²) in [5, 5.41) is 0. The van der Waals surface area contributed by atoms with Crippen molar-refractivity contribution in [1.29, 1.82) is 0 Å². The molecule has 0 aromatic heterocycles. The number of carbonyl (C=O) groups excluding carboxylic acids is 1. The lowest BCUT2D eigenvalue weighted by molar-refractivity contribution is -0.143. The van der Waals surface area contributed by atoms with E-state index in [0.717, 1.165) is 6.42 Å². The van der Waals surface area contributed by atoms with E-state index in [1.807, 2.05) is 0 Å². The Hall–Kier alpha value is -0.530. The number of ether oxygens (including phenoxy) is 1. The highest BCUT2D eigenvalue weighted by molar-refractivity contribution is 5.69. The first-order valence-corrected chi connectivity index (χ1v) is 3.65. The lowest BCUT2D eigenvalue weighted by Gasteiger charge is -2.07. The van der Waals surface area contributed by atoms with Gasteiger partial charge in [0.05, 0.1) is 6.61 Å². The minimum absolute atomic E-state index is 0.208. The van der Waals surface area contributed by atoms with Gasteiger partial charge >= 0.3 is 5.97 Å². The van der Waals surface area contributed by atoms with Crippen molar-refractivity contribution in [3.63, 3.8) is 0 Å². The molecule has 1 radical (unpaired) electrons. The minimum atomic E-state index is -0.208. The average Bonchev–Trinajstić information content (AvgIpc) is 1.99. The van der Waals surface area contributed by atoms with Crippen molar-refractivity contribution in [2.75, 3.05) is 6.61 Å². The fraction of sp³-hybridized carbons (Fsp3) is 0.750. The maximum absolute atomic E-state index is 10.5. The summed E-state index contributed by atoms with van der Waals surface area (Å²) < 4.78 is 4.84. The average molecular weight is 143 g/mol. The summed E-state index contributed by atoms with van der Waals surface area (Å²) in [6.45, 7) is 8.07. The molecule has 1 atom stereocenters. The third-order valence-corrected chi connectivity index (χ3v) is 1.43. The molecule has 0 rings (SSSR count). The predicted octanol–water partition coefficient (Wildman–Crippen LogP) is 1.80. The van der Waals surface area contributed by atoms with Crippen LogP contribution < -0.4 is 0 Å². The van der Waals surface area contributed by atoms with E-state index in [1.165, 1.54) is 0 Å². The van der Waals surface area contributed by atoms with Gasteiger partial charge in [-0.1, -0.05) is 20.3 Å². The Bertz CT molecular complexity index is 99.4. The van der Waals surface area contributed by atoms with Gasteiger partial charge in [0.15, 0.2) is 0 Å². The molecule has 0 fully saturated rings. The van der Waals surface area contributed by atoms with E-state index in [0.29, 0.717) is 12.5 Å². The number of hydrogen-bond donors (Lipinski definition) is 0. The van der Waals surface area contributed by atoms with Crippen LogP contribution in [0.3, 0.4) is 0 Å². The standard InChI is InChI=1S/C8H15O2/c1-4-7(3)6-10-8(9)5-2/h7H,2,4-6H2,1,3H3. The molecule has 59 valence electrons. The molecular weight excluding hydrogens is 128 g/mol. The Balaban J connectivity index is 3.26. The van der Waals surface area contributed by atoms with E-state index in [2.05, 4.69) is 20.8 Å². The van der Waals surface area contributed by atoms with E-state index < -0.39 is 0 Å². The van der Waals surface area contributed by atoms with Crippen molar-refractivity contribution >= 4 is 5.97 Å². The zero-order valence-electron chi connectivity index (χ0n) is 6.72. The molecule has 0 heterocycles. The molecule has 0 aliphatic carbocycles. The molecule has 0 aliphatic heterocycles. The van der Waals surface area contributed by atoms with E-state index in [4.69, 9.17) is 4.74 Å². The predicted molar refractivity (Wildman–Crippen MR) is 40.4 cm³/mol. The highest BCUT2D eigenvalue weighted by Crippen LogP contribution is 2.00. The van der Waals surface area contributed by atoms with Crippen molar-refractivity contribution in [2.24, 2.45) is 5.92 Å². The first-order chi connectivity index (χ1) is 4.70. The van der Waals surface area contributed by atoms with Crippen molar-refractivity contribution < 1.29 is 9.53 Å². The van der Waals surface area contributed by atoms with Crippen LogP contribution in [0.5, 0.6) is 0 Å². The summed E-state index contributed by atoms with van der Waals surface area (Å²) in [7, 11) is 0. The molecule has 0 bridgehead atoms. The molecule has 2 heteroatoms. The van der Waals surface area contributed by atoms with Crippen molar-refractivity contribution in [1.82, 2.24) is 0 Å². The Morgan fingerprint density at radius 1 is 1.70 bits per heavy atom. The topological polar surface area (TPSA) is 26.3 Å². The van der Waals surface area contributed by atoms with Gasteiger partial charge < -0.3 is 4.74 Å². The molecule has 10 heavy (non-hydrogen) atoms. The van der Waals surface area contributed by atoms with Gasteiger partial charge in [0.1, 0.15) is 0 Å². The Morgan fingerprint density at radius 2 is 2.30 bits per heavy atom. The first kappa shape index (κ1) is 9.47. The zero-order chi connectivity index (χ0) is 7.98. The molecule has 0 saturated heterocycles. The molecule has 2 nitrogen and oxygen atoms in total. The molecule has 0 N–H and O–H groups in total. The molecule has 0 amide bonds. The number of rotatable bonds is 4. The van der Waals surface area contributed by atoms with E-state index in [1.54, 1.807) is 0 Å². The summed E-state index contributed by atoms with van der Waals surface area (Å²) in [6, 6.07) is 0. The maximum atomic E-state index is 10.5. The van der Waals surface area contributed by atoms with Crippen LogP contribution in [0.1, 0.15) is 26.7 Å². The summed E-state index contributed by atoms with van der Waals surface area (Å²) >= 11 is 0. The van der Waals surface area contributed by atoms with E-state index in [-0.39, 0.29) is 12.4 Å². The van der Waals surface area contributed by atoms with Crippen LogP contribution in [-0.2, 0) is 9.53 Å². The highest BCUT2D eigenvalue weighted by Gasteiger charge is 2.02. The lowest BCUT2D eigenvalue weighted by atomic mass is 10.1. The quantitative estimate of drug-likeness (QED) is 0.561. The largest absolute Gasteiger partial charge is 0.465 e. The van der Waals surface area contributed by atoms with Gasteiger partial charge in [-0.15, -0.1) is 0 Å². The van der Waals surface area contributed by atoms with Crippen LogP contribution in [-0.4, -0.2) is 12.6 Å². The molecule has 0 spiro atoms. The number of hydrogen-bond acceptors (Lipinski definition) is 2. The van der Waals surface area contributed by atoms with E-state index in [9.17, 15) is 4.79 Å². The Kier molecular flexibility index (Phi) is 4.99. The van der Waals surface area contributed by atoms with Crippen molar-refractivity contribution in [3.05, 3.63) is 6.92 Å². The molecule has 0 aromatic rings. The molecule has 0 aromatic carbocycles. The van der Waals surface area contributed by atoms with Crippen LogP contribution in [0.25, 0.3) is 0 Å². The zero-order valence-corrected chi connectivity index (χ0v) is 6.72. The summed E-state index contributed by atoms with van der Waals surface area (Å²) in [4.78, 5) is 10.5. The smallest absolute Gasteiger partial charge is 0.305 e. The van der Waals surface area contributed by atoms with Gasteiger partial charge in [-0.2, -0.15) is 0 Å². The van der Waals surface area contributed by atoms with Crippen molar-refractivity contribution in [3.8, 4) is 0 Å². The second kappa shape index (κ2) is 5.27. The van der Waals surface area contributed by atoms with E-state index >= 15 is 0 Å². The second-order valence-electron chi connectivity index (χ2n) is 2.45. The third-order valence-electron chi connectivity index (χ3n) is 1.43. The fourth-order valence-electron chi connectivity index (χ4n) is 0.425. The van der Waals surface area contributed by atoms with Crippen LogP contribution in [0.2, 0.25) is 0 Å². The van der Waals surface area contributed by atoms with Gasteiger partial charge in [-0.25, -0.2) is 0 Å². The molecular formula is C8H15O2. The SMILES string of the molecule is [CH2]CC(=O)OCC(C)CC. The Morgan fingerprint density at radius 3 is 2.70 bits per heavy atom. The van der Waals surface area contributed by atoms with Gasteiger partial charge in [0.2, 0.25) is 0 Å². The Labute approximate surface area is 62.6 Å². The lowest BCUT2D eigenvalue weighted by Crippen LogP contribution is -2.09. The first-order valence-electron chi connectivity index (χ1n) is 3.65.